The summed E-state index contributed by atoms with van der Waals surface area (Å²) in [5.74, 6) is 0.0351. The number of alkyl halides is 3. The summed E-state index contributed by atoms with van der Waals surface area (Å²) >= 11 is 3.00. The lowest BCUT2D eigenvalue weighted by atomic mass is 10.1. The van der Waals surface area contributed by atoms with Crippen LogP contribution < -0.4 is 4.74 Å². The summed E-state index contributed by atoms with van der Waals surface area (Å²) in [4.78, 5) is 10.5. The number of rotatable bonds is 2. The van der Waals surface area contributed by atoms with Gasteiger partial charge in [0.05, 0.1) is 17.1 Å². The molecule has 1 aromatic carbocycles. The minimum Gasteiger partial charge on any atom is -0.496 e. The summed E-state index contributed by atoms with van der Waals surface area (Å²) in [6.07, 6.45) is -4.41. The number of benzene rings is 1. The molecule has 1 rings (SSSR count). The lowest BCUT2D eigenvalue weighted by Crippen LogP contribution is -2.09. The van der Waals surface area contributed by atoms with Crippen LogP contribution in [-0.4, -0.2) is 13.4 Å². The molecule has 0 aromatic heterocycles. The van der Waals surface area contributed by atoms with Crippen molar-refractivity contribution in [3.63, 3.8) is 0 Å². The lowest BCUT2D eigenvalue weighted by Gasteiger charge is -2.12. The Morgan fingerprint density at radius 2 is 2.00 bits per heavy atom. The predicted molar refractivity (Wildman–Crippen MR) is 51.1 cm³/mol. The zero-order valence-electron chi connectivity index (χ0n) is 7.56. The number of hydrogen-bond donors (Lipinski definition) is 0. The van der Waals surface area contributed by atoms with Crippen molar-refractivity contribution in [2.75, 3.05) is 7.11 Å². The molecular weight excluding hydrogens is 277 g/mol. The van der Waals surface area contributed by atoms with Gasteiger partial charge in [-0.2, -0.15) is 13.2 Å². The topological polar surface area (TPSA) is 26.3 Å². The molecule has 0 saturated carbocycles. The normalized spacial score (nSPS) is 11.3. The Morgan fingerprint density at radius 3 is 2.40 bits per heavy atom. The number of halogens is 4. The van der Waals surface area contributed by atoms with Crippen LogP contribution in [0.1, 0.15) is 15.9 Å². The van der Waals surface area contributed by atoms with Crippen LogP contribution in [0.5, 0.6) is 5.75 Å². The standard InChI is InChI=1S/C9H6BrF3O2/c1-15-8-3-6(9(11,12)13)5(4-14)2-7(8)10/h2-4H,1H3. The molecule has 0 aliphatic carbocycles. The van der Waals surface area contributed by atoms with Crippen LogP contribution in [0.25, 0.3) is 0 Å². The third-order valence-corrected chi connectivity index (χ3v) is 2.38. The quantitative estimate of drug-likeness (QED) is 0.778. The third-order valence-electron chi connectivity index (χ3n) is 1.76. The average molecular weight is 283 g/mol. The first-order valence-electron chi connectivity index (χ1n) is 3.80. The van der Waals surface area contributed by atoms with E-state index in [1.54, 1.807) is 0 Å². The van der Waals surface area contributed by atoms with Gasteiger partial charge in [-0.3, -0.25) is 4.79 Å². The maximum Gasteiger partial charge on any atom is 0.417 e. The second kappa shape index (κ2) is 4.22. The fourth-order valence-corrected chi connectivity index (χ4v) is 1.59. The van der Waals surface area contributed by atoms with E-state index < -0.39 is 17.3 Å². The summed E-state index contributed by atoms with van der Waals surface area (Å²) in [6, 6.07) is 1.86. The number of carbonyl (C=O) groups is 1. The van der Waals surface area contributed by atoms with Gasteiger partial charge in [0, 0.05) is 5.56 Å². The van der Waals surface area contributed by atoms with Crippen molar-refractivity contribution in [3.05, 3.63) is 27.7 Å². The first kappa shape index (κ1) is 12.0. The molecule has 15 heavy (non-hydrogen) atoms. The summed E-state index contributed by atoms with van der Waals surface area (Å²) in [5, 5.41) is 0. The number of methoxy groups -OCH3 is 1. The molecule has 0 fully saturated rings. The summed E-state index contributed by atoms with van der Waals surface area (Å²) in [6.45, 7) is 0. The Morgan fingerprint density at radius 1 is 1.40 bits per heavy atom. The van der Waals surface area contributed by atoms with E-state index in [1.807, 2.05) is 0 Å². The van der Waals surface area contributed by atoms with Crippen LogP contribution >= 0.6 is 15.9 Å². The summed E-state index contributed by atoms with van der Waals surface area (Å²) in [5.41, 5.74) is -1.42. The van der Waals surface area contributed by atoms with Crippen molar-refractivity contribution in [2.45, 2.75) is 6.18 Å². The molecule has 6 heteroatoms. The Labute approximate surface area is 92.2 Å². The number of ether oxygens (including phenoxy) is 1. The van der Waals surface area contributed by atoms with Gasteiger partial charge in [-0.1, -0.05) is 0 Å². The highest BCUT2D eigenvalue weighted by Crippen LogP contribution is 2.37. The highest BCUT2D eigenvalue weighted by Gasteiger charge is 2.34. The van der Waals surface area contributed by atoms with Crippen molar-refractivity contribution < 1.29 is 22.7 Å². The minimum absolute atomic E-state index is 0.0351. The minimum atomic E-state index is -4.57. The van der Waals surface area contributed by atoms with Gasteiger partial charge in [-0.25, -0.2) is 0 Å². The highest BCUT2D eigenvalue weighted by atomic mass is 79.9. The smallest absolute Gasteiger partial charge is 0.417 e. The molecule has 0 amide bonds. The molecule has 0 atom stereocenters. The molecule has 0 N–H and O–H groups in total. The largest absolute Gasteiger partial charge is 0.496 e. The zero-order valence-corrected chi connectivity index (χ0v) is 9.15. The van der Waals surface area contributed by atoms with E-state index in [1.165, 1.54) is 7.11 Å². The van der Waals surface area contributed by atoms with E-state index in [0.29, 0.717) is 4.47 Å². The van der Waals surface area contributed by atoms with Crippen LogP contribution in [0.2, 0.25) is 0 Å². The van der Waals surface area contributed by atoms with E-state index in [2.05, 4.69) is 15.9 Å². The zero-order chi connectivity index (χ0) is 11.6. The molecule has 0 radical (unpaired) electrons. The maximum atomic E-state index is 12.5. The van der Waals surface area contributed by atoms with E-state index in [4.69, 9.17) is 4.74 Å². The molecule has 0 spiro atoms. The molecule has 0 unspecified atom stereocenters. The van der Waals surface area contributed by atoms with Crippen LogP contribution in [0.15, 0.2) is 16.6 Å². The number of aldehydes is 1. The van der Waals surface area contributed by atoms with Crippen molar-refractivity contribution in [1.29, 1.82) is 0 Å². The van der Waals surface area contributed by atoms with E-state index in [9.17, 15) is 18.0 Å². The van der Waals surface area contributed by atoms with Crippen LogP contribution in [0.3, 0.4) is 0 Å². The molecular formula is C9H6BrF3O2. The Bertz CT molecular complexity index is 388. The Hall–Kier alpha value is -1.04. The van der Waals surface area contributed by atoms with Gasteiger partial charge >= 0.3 is 6.18 Å². The predicted octanol–water partition coefficient (Wildman–Crippen LogP) is 3.29. The summed E-state index contributed by atoms with van der Waals surface area (Å²) in [7, 11) is 1.25. The first-order valence-corrected chi connectivity index (χ1v) is 4.59. The van der Waals surface area contributed by atoms with Crippen molar-refractivity contribution in [1.82, 2.24) is 0 Å². The highest BCUT2D eigenvalue weighted by molar-refractivity contribution is 9.10. The fourth-order valence-electron chi connectivity index (χ4n) is 1.07. The SMILES string of the molecule is COc1cc(C(F)(F)F)c(C=O)cc1Br. The van der Waals surface area contributed by atoms with Crippen LogP contribution in [-0.2, 0) is 6.18 Å². The van der Waals surface area contributed by atoms with Gasteiger partial charge in [0.1, 0.15) is 5.75 Å². The van der Waals surface area contributed by atoms with Crippen LogP contribution in [0, 0.1) is 0 Å². The molecule has 0 saturated heterocycles. The van der Waals surface area contributed by atoms with Gasteiger partial charge < -0.3 is 4.74 Å². The molecule has 82 valence electrons. The van der Waals surface area contributed by atoms with Gasteiger partial charge in [0.2, 0.25) is 0 Å². The molecule has 2 nitrogen and oxygen atoms in total. The van der Waals surface area contributed by atoms with Gasteiger partial charge in [-0.05, 0) is 28.1 Å². The van der Waals surface area contributed by atoms with E-state index in [-0.39, 0.29) is 12.0 Å². The molecule has 0 aliphatic heterocycles. The average Bonchev–Trinajstić information content (AvgIpc) is 2.15. The third kappa shape index (κ3) is 2.50. The lowest BCUT2D eigenvalue weighted by molar-refractivity contribution is -0.137. The van der Waals surface area contributed by atoms with Crippen molar-refractivity contribution >= 4 is 22.2 Å². The molecule has 0 bridgehead atoms. The van der Waals surface area contributed by atoms with Gasteiger partial charge in [-0.15, -0.1) is 0 Å². The fraction of sp³-hybridized carbons (Fsp3) is 0.222. The van der Waals surface area contributed by atoms with Crippen molar-refractivity contribution in [3.8, 4) is 5.75 Å². The van der Waals surface area contributed by atoms with Gasteiger partial charge in [0.25, 0.3) is 0 Å². The molecule has 1 aromatic rings. The van der Waals surface area contributed by atoms with Crippen molar-refractivity contribution in [2.24, 2.45) is 0 Å². The maximum absolute atomic E-state index is 12.5. The Balaban J connectivity index is 3.42. The monoisotopic (exact) mass is 282 g/mol. The number of hydrogen-bond acceptors (Lipinski definition) is 2. The second-order valence-electron chi connectivity index (χ2n) is 2.69. The molecule has 0 aliphatic rings. The first-order chi connectivity index (χ1) is 6.90. The Kier molecular flexibility index (Phi) is 3.38. The van der Waals surface area contributed by atoms with Gasteiger partial charge in [0.15, 0.2) is 6.29 Å². The second-order valence-corrected chi connectivity index (χ2v) is 3.54. The molecule has 0 heterocycles. The van der Waals surface area contributed by atoms with E-state index >= 15 is 0 Å². The number of carbonyl (C=O) groups excluding carboxylic acids is 1. The van der Waals surface area contributed by atoms with E-state index in [0.717, 1.165) is 12.1 Å². The van der Waals surface area contributed by atoms with Crippen LogP contribution in [0.4, 0.5) is 13.2 Å². The summed E-state index contributed by atoms with van der Waals surface area (Å²) < 4.78 is 42.4.